The third-order valence-electron chi connectivity index (χ3n) is 6.66. The number of fused-ring (bicyclic) bond motifs is 1. The molecule has 2 aliphatic rings. The Morgan fingerprint density at radius 2 is 2.03 bits per heavy atom. The molecule has 0 spiro atoms. The smallest absolute Gasteiger partial charge is 0.165 e. The number of amidine groups is 1. The van der Waals surface area contributed by atoms with Crippen molar-refractivity contribution in [2.45, 2.75) is 69.9 Å². The Kier molecular flexibility index (Phi) is 6.97. The van der Waals surface area contributed by atoms with Gasteiger partial charge in [0, 0.05) is 23.1 Å². The van der Waals surface area contributed by atoms with E-state index in [2.05, 4.69) is 52.5 Å². The van der Waals surface area contributed by atoms with Gasteiger partial charge in [-0.1, -0.05) is 20.4 Å². The van der Waals surface area contributed by atoms with Crippen LogP contribution in [-0.2, 0) is 13.0 Å². The van der Waals surface area contributed by atoms with Crippen molar-refractivity contribution in [1.82, 2.24) is 24.9 Å². The molecule has 0 radical (unpaired) electrons. The fourth-order valence-corrected chi connectivity index (χ4v) is 4.60. The van der Waals surface area contributed by atoms with Gasteiger partial charge >= 0.3 is 0 Å². The van der Waals surface area contributed by atoms with Gasteiger partial charge in [0.1, 0.15) is 17.9 Å². The van der Waals surface area contributed by atoms with Crippen LogP contribution in [0.5, 0.6) is 0 Å². The van der Waals surface area contributed by atoms with Crippen molar-refractivity contribution in [3.05, 3.63) is 60.2 Å². The number of nitrogens with one attached hydrogen (secondary N) is 1. The Morgan fingerprint density at radius 3 is 2.69 bits per heavy atom. The van der Waals surface area contributed by atoms with Crippen LogP contribution in [0.25, 0.3) is 11.4 Å². The molecule has 0 unspecified atom stereocenters. The van der Waals surface area contributed by atoms with Gasteiger partial charge in [-0.3, -0.25) is 15.1 Å². The summed E-state index contributed by atoms with van der Waals surface area (Å²) in [5.41, 5.74) is 5.46. The lowest BCUT2D eigenvalue weighted by Gasteiger charge is -2.37. The quantitative estimate of drug-likeness (QED) is 0.416. The van der Waals surface area contributed by atoms with E-state index >= 15 is 0 Å². The van der Waals surface area contributed by atoms with Gasteiger partial charge in [0.15, 0.2) is 11.6 Å². The van der Waals surface area contributed by atoms with Crippen molar-refractivity contribution < 1.29 is 0 Å². The lowest BCUT2D eigenvalue weighted by Crippen LogP contribution is -2.41. The molecule has 1 aliphatic carbocycles. The van der Waals surface area contributed by atoms with Crippen LogP contribution in [0.3, 0.4) is 0 Å². The second kappa shape index (κ2) is 10.3. The second-order valence-electron chi connectivity index (χ2n) is 9.11. The molecule has 9 nitrogen and oxygen atoms in total. The molecule has 4 heterocycles. The van der Waals surface area contributed by atoms with E-state index < -0.39 is 0 Å². The van der Waals surface area contributed by atoms with Crippen LogP contribution in [0, 0.1) is 0 Å². The number of rotatable bonds is 8. The molecule has 3 aromatic heterocycles. The predicted molar refractivity (Wildman–Crippen MR) is 145 cm³/mol. The zero-order valence-corrected chi connectivity index (χ0v) is 21.7. The van der Waals surface area contributed by atoms with Crippen molar-refractivity contribution in [2.24, 2.45) is 10.1 Å². The summed E-state index contributed by atoms with van der Waals surface area (Å²) in [6, 6.07) is 4.05. The van der Waals surface area contributed by atoms with Gasteiger partial charge in [0.25, 0.3) is 0 Å². The van der Waals surface area contributed by atoms with Gasteiger partial charge in [0.05, 0.1) is 41.1 Å². The van der Waals surface area contributed by atoms with E-state index in [4.69, 9.17) is 20.1 Å². The Labute approximate surface area is 215 Å². The van der Waals surface area contributed by atoms with Crippen LogP contribution < -0.4 is 15.4 Å². The molecule has 36 heavy (non-hydrogen) atoms. The van der Waals surface area contributed by atoms with Gasteiger partial charge in [0.2, 0.25) is 0 Å². The van der Waals surface area contributed by atoms with Crippen LogP contribution in [0.4, 0.5) is 11.5 Å². The van der Waals surface area contributed by atoms with Gasteiger partial charge < -0.3 is 10.2 Å². The number of nitrogens with two attached hydrogens (primary N) is 1. The predicted octanol–water partition coefficient (Wildman–Crippen LogP) is 4.88. The van der Waals surface area contributed by atoms with E-state index in [0.29, 0.717) is 24.1 Å². The largest absolute Gasteiger partial charge is 0.334 e. The average Bonchev–Trinajstić information content (AvgIpc) is 3.77. The molecule has 0 amide bonds. The number of aliphatic imine (C=N–C) groups is 1. The van der Waals surface area contributed by atoms with Gasteiger partial charge in [-0.2, -0.15) is 0 Å². The number of hydrogen-bond donors (Lipinski definition) is 2. The highest BCUT2D eigenvalue weighted by Crippen LogP contribution is 2.44. The third kappa shape index (κ3) is 4.70. The summed E-state index contributed by atoms with van der Waals surface area (Å²) in [5.74, 6) is 2.62. The first-order valence-corrected chi connectivity index (χ1v) is 13.2. The Bertz CT molecular complexity index is 1300. The number of anilines is 2. The molecule has 0 aromatic carbocycles. The monoisotopic (exact) mass is 501 g/mol. The Balaban J connectivity index is 1.52. The number of aryl methyl sites for hydroxylation is 1. The molecule has 1 atom stereocenters. The number of nitrogens with zero attached hydrogens (tertiary/aromatic N) is 7. The fraction of sp³-hybridized carbons (Fsp3) is 0.385. The van der Waals surface area contributed by atoms with E-state index in [0.717, 1.165) is 70.4 Å². The lowest BCUT2D eigenvalue weighted by atomic mass is 10.1. The molecule has 0 bridgehead atoms. The summed E-state index contributed by atoms with van der Waals surface area (Å²) in [6.45, 7) is 11.2. The summed E-state index contributed by atoms with van der Waals surface area (Å²) >= 11 is 1.18. The van der Waals surface area contributed by atoms with Crippen LogP contribution in [-0.4, -0.2) is 36.8 Å². The maximum Gasteiger partial charge on any atom is 0.165 e. The number of hydrogen-bond acceptors (Lipinski definition) is 9. The molecule has 186 valence electrons. The van der Waals surface area contributed by atoms with Gasteiger partial charge in [-0.25, -0.2) is 19.9 Å². The van der Waals surface area contributed by atoms with E-state index in [9.17, 15) is 0 Å². The molecule has 3 N–H and O–H groups in total. The van der Waals surface area contributed by atoms with E-state index in [1.165, 1.54) is 11.9 Å². The highest BCUT2D eigenvalue weighted by atomic mass is 32.2. The van der Waals surface area contributed by atoms with Crippen LogP contribution in [0.15, 0.2) is 53.0 Å². The first kappa shape index (κ1) is 24.3. The molecular weight excluding hydrogens is 470 g/mol. The maximum atomic E-state index is 5.60. The van der Waals surface area contributed by atoms with Gasteiger partial charge in [-0.05, 0) is 56.7 Å². The first-order valence-electron chi connectivity index (χ1n) is 12.4. The first-order chi connectivity index (χ1) is 17.5. The molecule has 3 aromatic rings. The summed E-state index contributed by atoms with van der Waals surface area (Å²) in [7, 11) is 0. The number of pyridine rings is 1. The minimum absolute atomic E-state index is 0.172. The van der Waals surface area contributed by atoms with Crippen molar-refractivity contribution in [3.8, 4) is 11.4 Å². The Morgan fingerprint density at radius 1 is 1.19 bits per heavy atom. The molecule has 10 heteroatoms. The average molecular weight is 502 g/mol. The topological polar surface area (TPSA) is 118 Å². The minimum atomic E-state index is 0.172. The van der Waals surface area contributed by atoms with E-state index in [-0.39, 0.29) is 6.04 Å². The van der Waals surface area contributed by atoms with Gasteiger partial charge in [-0.15, -0.1) is 0 Å². The maximum absolute atomic E-state index is 5.60. The zero-order chi connectivity index (χ0) is 25.2. The molecule has 1 fully saturated rings. The highest BCUT2D eigenvalue weighted by molar-refractivity contribution is 7.97. The highest BCUT2D eigenvalue weighted by Gasteiger charge is 2.33. The molecular formula is C26H31N9S. The standard InChI is InChI=1S/C26H31N9S/c1-5-15(3)35-16(4)24(29-11-18-9-10-19(36-27)12-28-18)33-21-13-30-25(34-26(21)35)22-20(6-2)31-14-32-23(22)17-7-8-17/h9-10,12-15,17H,4-8,11,27H2,1-3H3,(H,29,33)/t15-/m1/s1. The second-order valence-corrected chi connectivity index (χ2v) is 9.81. The molecule has 1 saturated carbocycles. The third-order valence-corrected chi connectivity index (χ3v) is 7.17. The van der Waals surface area contributed by atoms with E-state index in [1.54, 1.807) is 12.5 Å². The van der Waals surface area contributed by atoms with Crippen LogP contribution in [0.1, 0.15) is 63.0 Å². The minimum Gasteiger partial charge on any atom is -0.334 e. The molecule has 5 rings (SSSR count). The van der Waals surface area contributed by atoms with Crippen molar-refractivity contribution >= 4 is 29.3 Å². The molecule has 0 saturated heterocycles. The zero-order valence-electron chi connectivity index (χ0n) is 20.9. The van der Waals surface area contributed by atoms with Crippen LogP contribution in [0.2, 0.25) is 0 Å². The van der Waals surface area contributed by atoms with Crippen molar-refractivity contribution in [2.75, 3.05) is 10.2 Å². The Hall–Kier alpha value is -3.37. The number of aromatic nitrogens is 5. The van der Waals surface area contributed by atoms with Crippen molar-refractivity contribution in [3.63, 3.8) is 0 Å². The van der Waals surface area contributed by atoms with Crippen LogP contribution >= 0.6 is 11.9 Å². The summed E-state index contributed by atoms with van der Waals surface area (Å²) < 4.78 is 0. The summed E-state index contributed by atoms with van der Waals surface area (Å²) in [4.78, 5) is 31.3. The molecule has 1 aliphatic heterocycles. The van der Waals surface area contributed by atoms with E-state index in [1.807, 2.05) is 18.3 Å². The SMILES string of the molecule is C=C1C(=NCc2ccc(SN)cn2)Nc2cnc(-c3c(CC)ncnc3C3CC3)nc2N1[C@H](C)CC. The fourth-order valence-electron chi connectivity index (χ4n) is 4.34. The normalized spacial score (nSPS) is 17.2. The van der Waals surface area contributed by atoms with Crippen molar-refractivity contribution in [1.29, 1.82) is 0 Å². The summed E-state index contributed by atoms with van der Waals surface area (Å²) in [6.07, 6.45) is 9.29. The lowest BCUT2D eigenvalue weighted by molar-refractivity contribution is 0.666. The summed E-state index contributed by atoms with van der Waals surface area (Å²) in [5, 5.41) is 9.01.